The first-order valence-electron chi connectivity index (χ1n) is 5.64. The summed E-state index contributed by atoms with van der Waals surface area (Å²) in [7, 11) is 0. The van der Waals surface area contributed by atoms with Gasteiger partial charge in [0.2, 0.25) is 0 Å². The molecule has 0 bridgehead atoms. The van der Waals surface area contributed by atoms with E-state index in [1.807, 2.05) is 0 Å². The summed E-state index contributed by atoms with van der Waals surface area (Å²) in [6.45, 7) is 6.73. The van der Waals surface area contributed by atoms with Gasteiger partial charge < -0.3 is 0 Å². The summed E-state index contributed by atoms with van der Waals surface area (Å²) in [5.41, 5.74) is 3.21. The van der Waals surface area contributed by atoms with Gasteiger partial charge in [0.05, 0.1) is 11.7 Å². The second-order valence-corrected chi connectivity index (χ2v) is 5.78. The number of rotatable bonds is 0. The molecule has 76 valence electrons. The molecule has 0 aromatic carbocycles. The van der Waals surface area contributed by atoms with Crippen LogP contribution in [0.25, 0.3) is 0 Å². The molecule has 2 nitrogen and oxygen atoms in total. The van der Waals surface area contributed by atoms with E-state index in [0.29, 0.717) is 0 Å². The molecule has 0 aliphatic heterocycles. The Labute approximate surface area is 85.3 Å². The monoisotopic (exact) mass is 190 g/mol. The van der Waals surface area contributed by atoms with Crippen molar-refractivity contribution in [3.05, 3.63) is 17.5 Å². The molecule has 0 spiro atoms. The maximum atomic E-state index is 4.56. The topological polar surface area (TPSA) is 17.8 Å². The van der Waals surface area contributed by atoms with Gasteiger partial charge in [0.1, 0.15) is 0 Å². The second-order valence-electron chi connectivity index (χ2n) is 5.78. The highest BCUT2D eigenvalue weighted by Crippen LogP contribution is 2.54. The highest BCUT2D eigenvalue weighted by molar-refractivity contribution is 5.32. The summed E-state index contributed by atoms with van der Waals surface area (Å²) in [4.78, 5) is 0. The van der Waals surface area contributed by atoms with Crippen LogP contribution in [-0.2, 0) is 12.0 Å². The van der Waals surface area contributed by atoms with E-state index in [1.54, 1.807) is 5.69 Å². The van der Waals surface area contributed by atoms with E-state index in [9.17, 15) is 0 Å². The smallest absolute Gasteiger partial charge is 0.0546 e. The van der Waals surface area contributed by atoms with Gasteiger partial charge in [-0.3, -0.25) is 4.68 Å². The van der Waals surface area contributed by atoms with Crippen LogP contribution in [0, 0.1) is 5.92 Å². The lowest BCUT2D eigenvalue weighted by Crippen LogP contribution is -2.26. The lowest BCUT2D eigenvalue weighted by atomic mass is 9.97. The Hall–Kier alpha value is -0.790. The van der Waals surface area contributed by atoms with E-state index in [-0.39, 0.29) is 5.54 Å². The largest absolute Gasteiger partial charge is 0.264 e. The summed E-state index contributed by atoms with van der Waals surface area (Å²) in [5, 5.41) is 4.56. The first-order valence-corrected chi connectivity index (χ1v) is 5.64. The number of nitrogens with zero attached hydrogens (tertiary/aromatic N) is 2. The number of fused-ring (bicyclic) bond motifs is 3. The van der Waals surface area contributed by atoms with Gasteiger partial charge in [-0.15, -0.1) is 0 Å². The van der Waals surface area contributed by atoms with Crippen molar-refractivity contribution in [2.75, 3.05) is 0 Å². The van der Waals surface area contributed by atoms with Gasteiger partial charge in [0, 0.05) is 11.6 Å². The Morgan fingerprint density at radius 2 is 2.21 bits per heavy atom. The van der Waals surface area contributed by atoms with Crippen LogP contribution in [0.5, 0.6) is 0 Å². The SMILES string of the molecule is CC(C)(C)n1ncc2c1C1CC1CC2. The van der Waals surface area contributed by atoms with Crippen LogP contribution in [0.4, 0.5) is 0 Å². The molecule has 1 saturated carbocycles. The van der Waals surface area contributed by atoms with Gasteiger partial charge in [-0.25, -0.2) is 0 Å². The summed E-state index contributed by atoms with van der Waals surface area (Å²) in [6.07, 6.45) is 6.16. The van der Waals surface area contributed by atoms with E-state index in [1.165, 1.54) is 24.8 Å². The maximum absolute atomic E-state index is 4.56. The average molecular weight is 190 g/mol. The third-order valence-electron chi connectivity index (χ3n) is 3.58. The van der Waals surface area contributed by atoms with Crippen molar-refractivity contribution in [1.29, 1.82) is 0 Å². The molecule has 0 N–H and O–H groups in total. The van der Waals surface area contributed by atoms with Gasteiger partial charge >= 0.3 is 0 Å². The standard InChI is InChI=1S/C12H18N2/c1-12(2,3)14-11-9(7-13-14)5-4-8-6-10(8)11/h7-8,10H,4-6H2,1-3H3. The molecular weight excluding hydrogens is 172 g/mol. The fourth-order valence-corrected chi connectivity index (χ4v) is 2.76. The van der Waals surface area contributed by atoms with Crippen LogP contribution in [0.15, 0.2) is 6.20 Å². The number of hydrogen-bond donors (Lipinski definition) is 0. The third kappa shape index (κ3) is 1.06. The maximum Gasteiger partial charge on any atom is 0.0546 e. The molecule has 2 heteroatoms. The van der Waals surface area contributed by atoms with Crippen molar-refractivity contribution in [2.24, 2.45) is 5.92 Å². The van der Waals surface area contributed by atoms with Gasteiger partial charge in [-0.1, -0.05) is 0 Å². The van der Waals surface area contributed by atoms with Gasteiger partial charge in [0.15, 0.2) is 0 Å². The normalized spacial score (nSPS) is 29.6. The molecule has 1 fully saturated rings. The van der Waals surface area contributed by atoms with E-state index in [4.69, 9.17) is 0 Å². The molecule has 1 heterocycles. The summed E-state index contributed by atoms with van der Waals surface area (Å²) in [5.74, 6) is 1.83. The molecule has 0 saturated heterocycles. The fourth-order valence-electron chi connectivity index (χ4n) is 2.76. The molecule has 2 aliphatic rings. The number of hydrogen-bond acceptors (Lipinski definition) is 1. The van der Waals surface area contributed by atoms with Crippen LogP contribution in [0.1, 0.15) is 50.8 Å². The predicted molar refractivity (Wildman–Crippen MR) is 56.4 cm³/mol. The molecule has 0 amide bonds. The highest BCUT2D eigenvalue weighted by atomic mass is 15.3. The average Bonchev–Trinajstić information content (AvgIpc) is 2.74. The Morgan fingerprint density at radius 1 is 1.43 bits per heavy atom. The molecular formula is C12H18N2. The molecule has 0 radical (unpaired) electrons. The minimum absolute atomic E-state index is 0.151. The van der Waals surface area contributed by atoms with Crippen molar-refractivity contribution in [3.8, 4) is 0 Å². The van der Waals surface area contributed by atoms with Crippen molar-refractivity contribution in [3.63, 3.8) is 0 Å². The van der Waals surface area contributed by atoms with Gasteiger partial charge in [-0.05, 0) is 51.5 Å². The van der Waals surface area contributed by atoms with Crippen molar-refractivity contribution in [2.45, 2.75) is 51.5 Å². The summed E-state index contributed by atoms with van der Waals surface area (Å²) < 4.78 is 2.26. The van der Waals surface area contributed by atoms with Gasteiger partial charge in [0.25, 0.3) is 0 Å². The minimum Gasteiger partial charge on any atom is -0.264 e. The zero-order chi connectivity index (χ0) is 9.92. The molecule has 14 heavy (non-hydrogen) atoms. The van der Waals surface area contributed by atoms with Crippen LogP contribution in [-0.4, -0.2) is 9.78 Å². The quantitative estimate of drug-likeness (QED) is 0.615. The van der Waals surface area contributed by atoms with Crippen LogP contribution >= 0.6 is 0 Å². The van der Waals surface area contributed by atoms with E-state index in [0.717, 1.165) is 11.8 Å². The fraction of sp³-hybridized carbons (Fsp3) is 0.750. The van der Waals surface area contributed by atoms with Crippen LogP contribution < -0.4 is 0 Å². The Bertz CT molecular complexity index is 370. The van der Waals surface area contributed by atoms with E-state index in [2.05, 4.69) is 36.7 Å². The van der Waals surface area contributed by atoms with Crippen molar-refractivity contribution < 1.29 is 0 Å². The summed E-state index contributed by atoms with van der Waals surface area (Å²) in [6, 6.07) is 0. The first kappa shape index (κ1) is 8.51. The summed E-state index contributed by atoms with van der Waals surface area (Å²) >= 11 is 0. The molecule has 2 atom stereocenters. The van der Waals surface area contributed by atoms with Crippen molar-refractivity contribution in [1.82, 2.24) is 9.78 Å². The van der Waals surface area contributed by atoms with E-state index >= 15 is 0 Å². The molecule has 1 aromatic heterocycles. The zero-order valence-corrected chi connectivity index (χ0v) is 9.25. The Kier molecular flexibility index (Phi) is 1.47. The van der Waals surface area contributed by atoms with Crippen molar-refractivity contribution >= 4 is 0 Å². The zero-order valence-electron chi connectivity index (χ0n) is 9.25. The molecule has 2 aliphatic carbocycles. The minimum atomic E-state index is 0.151. The highest BCUT2D eigenvalue weighted by Gasteiger charge is 2.45. The lowest BCUT2D eigenvalue weighted by Gasteiger charge is -2.24. The molecule has 3 rings (SSSR count). The number of aromatic nitrogens is 2. The Balaban J connectivity index is 2.11. The van der Waals surface area contributed by atoms with Gasteiger partial charge in [-0.2, -0.15) is 5.10 Å². The van der Waals surface area contributed by atoms with E-state index < -0.39 is 0 Å². The van der Waals surface area contributed by atoms with Crippen LogP contribution in [0.3, 0.4) is 0 Å². The second kappa shape index (κ2) is 2.41. The molecule has 1 aromatic rings. The molecule has 2 unspecified atom stereocenters. The number of aryl methyl sites for hydroxylation is 1. The third-order valence-corrected chi connectivity index (χ3v) is 3.58. The lowest BCUT2D eigenvalue weighted by molar-refractivity contribution is 0.340. The van der Waals surface area contributed by atoms with Crippen LogP contribution in [0.2, 0.25) is 0 Å². The first-order chi connectivity index (χ1) is 6.57. The predicted octanol–water partition coefficient (Wildman–Crippen LogP) is 2.69. The Morgan fingerprint density at radius 3 is 2.93 bits per heavy atom.